The molecule has 17 nitrogen and oxygen atoms in total. The summed E-state index contributed by atoms with van der Waals surface area (Å²) in [4.78, 5) is 73.3. The summed E-state index contributed by atoms with van der Waals surface area (Å²) in [7, 11) is -10.0. The lowest BCUT2D eigenvalue weighted by molar-refractivity contribution is -0.161. The minimum atomic E-state index is -5.01. The summed E-state index contributed by atoms with van der Waals surface area (Å²) in [5, 5.41) is 10.7. The predicted octanol–water partition coefficient (Wildman–Crippen LogP) is 25.6. The second-order valence-corrected chi connectivity index (χ2v) is 30.9. The van der Waals surface area contributed by atoms with Crippen molar-refractivity contribution in [2.45, 2.75) is 354 Å². The van der Waals surface area contributed by atoms with E-state index in [0.717, 1.165) is 186 Å². The minimum Gasteiger partial charge on any atom is -0.462 e. The summed E-state index contributed by atoms with van der Waals surface area (Å²) in [6, 6.07) is 0. The van der Waals surface area contributed by atoms with Crippen molar-refractivity contribution in [3.05, 3.63) is 158 Å². The minimum absolute atomic E-state index is 0.00874. The molecule has 0 aliphatic carbocycles. The number of esters is 4. The highest BCUT2D eigenvalue weighted by molar-refractivity contribution is 7.47. The number of carbonyl (C=O) groups excluding carboxylic acids is 4. The summed E-state index contributed by atoms with van der Waals surface area (Å²) in [6.07, 6.45) is 96.4. The molecule has 0 amide bonds. The maximum absolute atomic E-state index is 13.1. The molecule has 0 aromatic carbocycles. The Morgan fingerprint density at radius 1 is 0.264 bits per heavy atom. The summed E-state index contributed by atoms with van der Waals surface area (Å²) < 4.78 is 68.8. The second-order valence-electron chi connectivity index (χ2n) is 28.0. The highest BCUT2D eigenvalue weighted by Gasteiger charge is 2.30. The summed E-state index contributed by atoms with van der Waals surface area (Å²) in [6.45, 7) is 4.48. The van der Waals surface area contributed by atoms with E-state index in [1.807, 2.05) is 12.2 Å². The Morgan fingerprint density at radius 3 is 0.764 bits per heavy atom. The Hall–Kier alpha value is -5.32. The zero-order chi connectivity index (χ0) is 80.3. The van der Waals surface area contributed by atoms with Gasteiger partial charge in [0.1, 0.15) is 19.3 Å². The number of allylic oxidation sites excluding steroid dienone is 26. The molecule has 0 aromatic rings. The number of phosphoric ester groups is 2. The van der Waals surface area contributed by atoms with Gasteiger partial charge in [0.15, 0.2) is 12.2 Å². The number of hydrogen-bond acceptors (Lipinski definition) is 15. The van der Waals surface area contributed by atoms with E-state index in [1.54, 1.807) is 0 Å². The van der Waals surface area contributed by atoms with Gasteiger partial charge >= 0.3 is 39.5 Å². The Labute approximate surface area is 668 Å². The van der Waals surface area contributed by atoms with Crippen molar-refractivity contribution in [2.75, 3.05) is 39.6 Å². The van der Waals surface area contributed by atoms with Gasteiger partial charge in [-0.3, -0.25) is 37.3 Å². The first kappa shape index (κ1) is 105. The highest BCUT2D eigenvalue weighted by atomic mass is 31.2. The van der Waals surface area contributed by atoms with Crippen LogP contribution in [0, 0.1) is 0 Å². The standard InChI is InChI=1S/C91H152O17P2/c1-5-9-13-17-21-25-29-33-37-40-42-45-48-51-55-59-63-67-71-75-88(93)101-81-86(107-90(95)77-73-69-65-61-57-53-47-36-32-28-24-20-16-12-8-4)83-105-109(97,98)103-79-85(92)80-104-110(99,100)106-84-87(108-91(96)78-74-70-66-62-58-54-50-44-39-35-31-27-23-19-15-11-7-3)82-102-89(94)76-72-68-64-60-56-52-49-46-43-41-38-34-30-26-22-18-14-10-6-2/h9-11,13-15,21-23,25-27,33-35,37-39,42-43,45-46,50,54,62,66,85-87,92H,5-8,12,16-20,24,28-32,36,40-41,44,47-49,51-53,55-61,63-65,67-84H2,1-4H3,(H,97,98)(H,99,100)/b13-9-,14-10-,15-11-,25-21-,26-22-,27-23-,37-33-,38-34-,39-35-,45-42-,46-43-,54-50-,66-62-. The topological polar surface area (TPSA) is 237 Å². The lowest BCUT2D eigenvalue weighted by Gasteiger charge is -2.21. The average Bonchev–Trinajstić information content (AvgIpc) is 0.906. The quantitative estimate of drug-likeness (QED) is 0.0169. The molecule has 110 heavy (non-hydrogen) atoms. The number of ether oxygens (including phenoxy) is 4. The zero-order valence-corrected chi connectivity index (χ0v) is 70.7. The van der Waals surface area contributed by atoms with Gasteiger partial charge in [0.2, 0.25) is 0 Å². The van der Waals surface area contributed by atoms with Crippen molar-refractivity contribution >= 4 is 39.5 Å². The Morgan fingerprint density at radius 2 is 0.482 bits per heavy atom. The van der Waals surface area contributed by atoms with Crippen molar-refractivity contribution in [2.24, 2.45) is 0 Å². The molecule has 628 valence electrons. The van der Waals surface area contributed by atoms with Gasteiger partial charge in [0.05, 0.1) is 26.4 Å². The fraction of sp³-hybridized carbons (Fsp3) is 0.670. The molecule has 0 rings (SSSR count). The molecule has 0 spiro atoms. The fourth-order valence-corrected chi connectivity index (χ4v) is 12.7. The molecule has 0 bridgehead atoms. The van der Waals surface area contributed by atoms with Crippen LogP contribution in [0.4, 0.5) is 0 Å². The van der Waals surface area contributed by atoms with Crippen molar-refractivity contribution in [3.8, 4) is 0 Å². The SMILES string of the molecule is CC/C=C\C/C=C\C/C=C\C/C=C\C/C=C\CCCC(=O)OC(COC(=O)CCCCCCCC/C=C\C/C=C\C/C=C\C/C=C\CC)COP(=O)(O)OCC(O)COP(=O)(O)OCC(COC(=O)CCCCCCCC/C=C\C/C=C\C/C=C\C/C=C\CC)OC(=O)CCCCCCCCCCCCCCCCC. The molecule has 0 radical (unpaired) electrons. The molecule has 0 aromatic heterocycles. The predicted molar refractivity (Wildman–Crippen MR) is 454 cm³/mol. The van der Waals surface area contributed by atoms with E-state index < -0.39 is 97.5 Å². The summed E-state index contributed by atoms with van der Waals surface area (Å²) in [5.74, 6) is -2.27. The van der Waals surface area contributed by atoms with Gasteiger partial charge in [-0.15, -0.1) is 0 Å². The number of unbranched alkanes of at least 4 members (excludes halogenated alkanes) is 27. The van der Waals surface area contributed by atoms with Gasteiger partial charge in [-0.25, -0.2) is 9.13 Å². The second kappa shape index (κ2) is 81.7. The molecule has 0 fully saturated rings. The van der Waals surface area contributed by atoms with E-state index in [2.05, 4.69) is 174 Å². The van der Waals surface area contributed by atoms with Crippen molar-refractivity contribution in [3.63, 3.8) is 0 Å². The van der Waals surface area contributed by atoms with Gasteiger partial charge in [-0.1, -0.05) is 327 Å². The van der Waals surface area contributed by atoms with Crippen LogP contribution in [0.25, 0.3) is 0 Å². The molecule has 5 atom stereocenters. The van der Waals surface area contributed by atoms with Crippen molar-refractivity contribution in [1.29, 1.82) is 0 Å². The molecule has 0 aliphatic rings. The van der Waals surface area contributed by atoms with E-state index in [9.17, 15) is 43.2 Å². The molecule has 0 saturated heterocycles. The van der Waals surface area contributed by atoms with Crippen LogP contribution in [0.2, 0.25) is 0 Å². The van der Waals surface area contributed by atoms with E-state index in [4.69, 9.17) is 37.0 Å². The third-order valence-electron chi connectivity index (χ3n) is 17.5. The molecule has 0 heterocycles. The lowest BCUT2D eigenvalue weighted by atomic mass is 10.0. The Kier molecular flexibility index (Phi) is 77.7. The third kappa shape index (κ3) is 80.7. The van der Waals surface area contributed by atoms with Crippen LogP contribution in [0.1, 0.15) is 336 Å². The van der Waals surface area contributed by atoms with Crippen LogP contribution >= 0.6 is 15.6 Å². The monoisotopic (exact) mass is 1580 g/mol. The molecular formula is C91H152O17P2. The molecule has 19 heteroatoms. The first-order chi connectivity index (χ1) is 53.7. The smallest absolute Gasteiger partial charge is 0.462 e. The van der Waals surface area contributed by atoms with Gasteiger partial charge in [0, 0.05) is 25.7 Å². The Bertz CT molecular complexity index is 2700. The number of hydrogen-bond donors (Lipinski definition) is 3. The number of carbonyl (C=O) groups is 4. The molecule has 0 aliphatic heterocycles. The first-order valence-corrected chi connectivity index (χ1v) is 45.7. The molecular weight excluding hydrogens is 1430 g/mol. The largest absolute Gasteiger partial charge is 0.472 e. The highest BCUT2D eigenvalue weighted by Crippen LogP contribution is 2.45. The van der Waals surface area contributed by atoms with Gasteiger partial charge in [-0.05, 0) is 141 Å². The number of rotatable bonds is 79. The van der Waals surface area contributed by atoms with Crippen LogP contribution in [0.15, 0.2) is 158 Å². The lowest BCUT2D eigenvalue weighted by Crippen LogP contribution is -2.30. The van der Waals surface area contributed by atoms with E-state index >= 15 is 0 Å². The molecule has 0 saturated carbocycles. The van der Waals surface area contributed by atoms with Gasteiger partial charge < -0.3 is 33.8 Å². The maximum Gasteiger partial charge on any atom is 0.472 e. The summed E-state index contributed by atoms with van der Waals surface area (Å²) >= 11 is 0. The zero-order valence-electron chi connectivity index (χ0n) is 68.9. The van der Waals surface area contributed by atoms with Gasteiger partial charge in [-0.2, -0.15) is 0 Å². The van der Waals surface area contributed by atoms with E-state index in [0.29, 0.717) is 32.1 Å². The van der Waals surface area contributed by atoms with Crippen LogP contribution in [0.3, 0.4) is 0 Å². The van der Waals surface area contributed by atoms with Crippen molar-refractivity contribution < 1.29 is 80.2 Å². The summed E-state index contributed by atoms with van der Waals surface area (Å²) in [5.41, 5.74) is 0. The first-order valence-electron chi connectivity index (χ1n) is 42.7. The fourth-order valence-electron chi connectivity index (χ4n) is 11.1. The van der Waals surface area contributed by atoms with Crippen LogP contribution in [-0.2, 0) is 65.4 Å². The average molecular weight is 1580 g/mol. The number of phosphoric acid groups is 2. The Balaban J connectivity index is 5.44. The van der Waals surface area contributed by atoms with Crippen LogP contribution < -0.4 is 0 Å². The van der Waals surface area contributed by atoms with E-state index in [-0.39, 0.29) is 25.7 Å². The van der Waals surface area contributed by atoms with Crippen molar-refractivity contribution in [1.82, 2.24) is 0 Å². The third-order valence-corrected chi connectivity index (χ3v) is 19.4. The molecule has 3 N–H and O–H groups in total. The maximum atomic E-state index is 13.1. The normalized spacial score (nSPS) is 14.6. The van der Waals surface area contributed by atoms with E-state index in [1.165, 1.54) is 64.2 Å². The van der Waals surface area contributed by atoms with Crippen LogP contribution in [-0.4, -0.2) is 96.7 Å². The number of aliphatic hydroxyl groups excluding tert-OH is 1. The number of aliphatic hydroxyl groups is 1. The molecule has 5 unspecified atom stereocenters. The van der Waals surface area contributed by atoms with Crippen LogP contribution in [0.5, 0.6) is 0 Å². The van der Waals surface area contributed by atoms with Gasteiger partial charge in [0.25, 0.3) is 0 Å².